The number of rotatable bonds is 2. The number of carboxylic acid groups (broad SMARTS) is 1. The minimum atomic E-state index is -0.854. The van der Waals surface area contributed by atoms with Crippen molar-refractivity contribution in [1.29, 1.82) is 0 Å². The number of aliphatic carboxylic acids is 1. The summed E-state index contributed by atoms with van der Waals surface area (Å²) in [5.74, 6) is -0.617. The minimum absolute atomic E-state index is 0.00706. The zero-order valence-electron chi connectivity index (χ0n) is 12.6. The summed E-state index contributed by atoms with van der Waals surface area (Å²) in [7, 11) is 0. The molecule has 0 amide bonds. The highest BCUT2D eigenvalue weighted by atomic mass is 16.4. The van der Waals surface area contributed by atoms with Gasteiger partial charge in [0.25, 0.3) is 0 Å². The Hall–Kier alpha value is -1.12. The van der Waals surface area contributed by atoms with Crippen molar-refractivity contribution in [3.8, 4) is 0 Å². The molecule has 0 heterocycles. The molecule has 114 valence electrons. The summed E-state index contributed by atoms with van der Waals surface area (Å²) in [4.78, 5) is 23.1. The Bertz CT molecular complexity index is 333. The molecule has 3 heteroatoms. The van der Waals surface area contributed by atoms with Gasteiger partial charge in [0.05, 0.1) is 6.42 Å². The van der Waals surface area contributed by atoms with Gasteiger partial charge in [-0.15, -0.1) is 0 Å². The average Bonchev–Trinajstić information content (AvgIpc) is 2.38. The van der Waals surface area contributed by atoms with Crippen LogP contribution in [0.25, 0.3) is 0 Å². The van der Waals surface area contributed by atoms with E-state index in [1.54, 1.807) is 0 Å². The standard InChI is InChI=1S/C17H28O3/c1-14-10-8-6-4-2-3-5-7-9-11-16(18)15(12-14)13-17(19)20/h6,8,14-15H,2-5,7,9-13H2,1H3,(H,19,20). The zero-order valence-corrected chi connectivity index (χ0v) is 12.6. The lowest BCUT2D eigenvalue weighted by Crippen LogP contribution is -2.20. The Balaban J connectivity index is 2.61. The fourth-order valence-electron chi connectivity index (χ4n) is 2.86. The molecular formula is C17H28O3. The minimum Gasteiger partial charge on any atom is -0.481 e. The third-order valence-corrected chi connectivity index (χ3v) is 4.06. The lowest BCUT2D eigenvalue weighted by atomic mass is 9.86. The summed E-state index contributed by atoms with van der Waals surface area (Å²) in [5.41, 5.74) is 0. The molecule has 0 bridgehead atoms. The zero-order chi connectivity index (χ0) is 14.8. The van der Waals surface area contributed by atoms with Crippen molar-refractivity contribution < 1.29 is 14.7 Å². The first-order valence-electron chi connectivity index (χ1n) is 7.99. The SMILES string of the molecule is CC1CC=CCCCCCCCC(=O)C(CC(=O)O)C1. The predicted octanol–water partition coefficient (Wildman–Crippen LogP) is 4.36. The largest absolute Gasteiger partial charge is 0.481 e. The lowest BCUT2D eigenvalue weighted by Gasteiger charge is -2.18. The number of carbonyl (C=O) groups excluding carboxylic acids is 1. The number of carbonyl (C=O) groups is 2. The second-order valence-electron chi connectivity index (χ2n) is 6.12. The third kappa shape index (κ3) is 7.46. The van der Waals surface area contributed by atoms with Gasteiger partial charge < -0.3 is 5.11 Å². The molecular weight excluding hydrogens is 252 g/mol. The summed E-state index contributed by atoms with van der Waals surface area (Å²) >= 11 is 0. The van der Waals surface area contributed by atoms with Crippen LogP contribution in [0.1, 0.15) is 71.1 Å². The second kappa shape index (κ2) is 9.73. The molecule has 0 aromatic rings. The van der Waals surface area contributed by atoms with Crippen molar-refractivity contribution in [2.45, 2.75) is 71.1 Å². The molecule has 0 aromatic heterocycles. The highest BCUT2D eigenvalue weighted by Crippen LogP contribution is 2.23. The van der Waals surface area contributed by atoms with Gasteiger partial charge in [-0.25, -0.2) is 0 Å². The van der Waals surface area contributed by atoms with E-state index in [-0.39, 0.29) is 18.1 Å². The molecule has 0 spiro atoms. The van der Waals surface area contributed by atoms with Crippen molar-refractivity contribution in [1.82, 2.24) is 0 Å². The van der Waals surface area contributed by atoms with E-state index in [1.165, 1.54) is 19.3 Å². The van der Waals surface area contributed by atoms with Crippen molar-refractivity contribution in [2.24, 2.45) is 11.8 Å². The van der Waals surface area contributed by atoms with Crippen LogP contribution in [0.4, 0.5) is 0 Å². The number of allylic oxidation sites excluding steroid dienone is 2. The van der Waals surface area contributed by atoms with Gasteiger partial charge in [-0.3, -0.25) is 9.59 Å². The maximum absolute atomic E-state index is 12.2. The number of hydrogen-bond acceptors (Lipinski definition) is 2. The molecule has 0 radical (unpaired) electrons. The highest BCUT2D eigenvalue weighted by molar-refractivity contribution is 5.84. The van der Waals surface area contributed by atoms with Crippen LogP contribution in [0.3, 0.4) is 0 Å². The number of ketones is 1. The predicted molar refractivity (Wildman–Crippen MR) is 80.6 cm³/mol. The van der Waals surface area contributed by atoms with Crippen molar-refractivity contribution >= 4 is 11.8 Å². The van der Waals surface area contributed by atoms with E-state index in [9.17, 15) is 9.59 Å². The van der Waals surface area contributed by atoms with Gasteiger partial charge in [-0.1, -0.05) is 38.3 Å². The van der Waals surface area contributed by atoms with Crippen molar-refractivity contribution in [3.63, 3.8) is 0 Å². The average molecular weight is 280 g/mol. The maximum atomic E-state index is 12.2. The van der Waals surface area contributed by atoms with Crippen molar-refractivity contribution in [3.05, 3.63) is 12.2 Å². The van der Waals surface area contributed by atoms with Crippen LogP contribution in [0.2, 0.25) is 0 Å². The smallest absolute Gasteiger partial charge is 0.304 e. The van der Waals surface area contributed by atoms with Gasteiger partial charge in [0.1, 0.15) is 5.78 Å². The fourth-order valence-corrected chi connectivity index (χ4v) is 2.86. The molecule has 1 rings (SSSR count). The maximum Gasteiger partial charge on any atom is 0.304 e. The van der Waals surface area contributed by atoms with Crippen LogP contribution in [0.15, 0.2) is 12.2 Å². The monoisotopic (exact) mass is 280 g/mol. The second-order valence-corrected chi connectivity index (χ2v) is 6.12. The van der Waals surface area contributed by atoms with Gasteiger partial charge in [-0.2, -0.15) is 0 Å². The molecule has 20 heavy (non-hydrogen) atoms. The molecule has 1 aliphatic carbocycles. The summed E-state index contributed by atoms with van der Waals surface area (Å²) in [6, 6.07) is 0. The molecule has 0 saturated heterocycles. The molecule has 2 unspecified atom stereocenters. The molecule has 0 saturated carbocycles. The topological polar surface area (TPSA) is 54.4 Å². The van der Waals surface area contributed by atoms with E-state index in [4.69, 9.17) is 5.11 Å². The highest BCUT2D eigenvalue weighted by Gasteiger charge is 2.23. The van der Waals surface area contributed by atoms with Crippen LogP contribution in [-0.4, -0.2) is 16.9 Å². The first kappa shape index (κ1) is 16.9. The Kier molecular flexibility index (Phi) is 8.24. The number of Topliss-reactive ketones (excluding diaryl/α,β-unsaturated/α-hetero) is 1. The lowest BCUT2D eigenvalue weighted by molar-refractivity contribution is -0.141. The van der Waals surface area contributed by atoms with E-state index >= 15 is 0 Å². The van der Waals surface area contributed by atoms with Crippen LogP contribution >= 0.6 is 0 Å². The fraction of sp³-hybridized carbons (Fsp3) is 0.765. The molecule has 3 nitrogen and oxygen atoms in total. The van der Waals surface area contributed by atoms with Gasteiger partial charge >= 0.3 is 5.97 Å². The molecule has 0 aromatic carbocycles. The van der Waals surface area contributed by atoms with E-state index in [0.29, 0.717) is 18.8 Å². The number of hydrogen-bond donors (Lipinski definition) is 1. The molecule has 2 atom stereocenters. The summed E-state index contributed by atoms with van der Waals surface area (Å²) in [6.07, 6.45) is 13.4. The van der Waals surface area contributed by atoms with Crippen LogP contribution in [0, 0.1) is 11.8 Å². The normalized spacial score (nSPS) is 26.9. The Labute approximate surface area is 122 Å². The molecule has 0 aliphatic heterocycles. The Morgan fingerprint density at radius 3 is 2.65 bits per heavy atom. The Morgan fingerprint density at radius 2 is 1.90 bits per heavy atom. The van der Waals surface area contributed by atoms with Gasteiger partial charge in [-0.05, 0) is 38.0 Å². The van der Waals surface area contributed by atoms with Crippen LogP contribution in [0.5, 0.6) is 0 Å². The van der Waals surface area contributed by atoms with Crippen LogP contribution in [-0.2, 0) is 9.59 Å². The Morgan fingerprint density at radius 1 is 1.20 bits per heavy atom. The third-order valence-electron chi connectivity index (χ3n) is 4.06. The van der Waals surface area contributed by atoms with E-state index in [2.05, 4.69) is 19.1 Å². The van der Waals surface area contributed by atoms with Gasteiger partial charge in [0, 0.05) is 12.3 Å². The van der Waals surface area contributed by atoms with Crippen LogP contribution < -0.4 is 0 Å². The first-order chi connectivity index (χ1) is 9.59. The summed E-state index contributed by atoms with van der Waals surface area (Å²) in [6.45, 7) is 2.11. The first-order valence-corrected chi connectivity index (χ1v) is 7.99. The summed E-state index contributed by atoms with van der Waals surface area (Å²) in [5, 5.41) is 8.97. The van der Waals surface area contributed by atoms with E-state index < -0.39 is 5.97 Å². The van der Waals surface area contributed by atoms with Gasteiger partial charge in [0.15, 0.2) is 0 Å². The molecule has 1 N–H and O–H groups in total. The quantitative estimate of drug-likeness (QED) is 0.764. The van der Waals surface area contributed by atoms with Gasteiger partial charge in [0.2, 0.25) is 0 Å². The van der Waals surface area contributed by atoms with Crippen molar-refractivity contribution in [2.75, 3.05) is 0 Å². The molecule has 0 fully saturated rings. The molecule has 1 aliphatic rings. The van der Waals surface area contributed by atoms with E-state index in [1.807, 2.05) is 0 Å². The summed E-state index contributed by atoms with van der Waals surface area (Å²) < 4.78 is 0. The number of carboxylic acids is 1. The van der Waals surface area contributed by atoms with E-state index in [0.717, 1.165) is 25.7 Å².